The molecule has 0 radical (unpaired) electrons. The van der Waals surface area contributed by atoms with Crippen molar-refractivity contribution in [2.24, 2.45) is 10.2 Å². The zero-order chi connectivity index (χ0) is 19.6. The van der Waals surface area contributed by atoms with Crippen LogP contribution in [0.3, 0.4) is 0 Å². The zero-order valence-corrected chi connectivity index (χ0v) is 16.0. The van der Waals surface area contributed by atoms with Crippen molar-refractivity contribution in [3.05, 3.63) is 30.5 Å². The minimum Gasteiger partial charge on any atom is -0.504 e. The molecule has 3 rings (SSSR count). The summed E-state index contributed by atoms with van der Waals surface area (Å²) in [7, 11) is 2.93. The number of furan rings is 1. The first-order valence-electron chi connectivity index (χ1n) is 8.04. The lowest BCUT2D eigenvalue weighted by atomic mass is 10.0. The van der Waals surface area contributed by atoms with Crippen LogP contribution in [0.15, 0.2) is 39.6 Å². The van der Waals surface area contributed by atoms with E-state index >= 15 is 0 Å². The van der Waals surface area contributed by atoms with E-state index in [4.69, 9.17) is 13.9 Å². The van der Waals surface area contributed by atoms with Crippen LogP contribution in [0.2, 0.25) is 0 Å². The van der Waals surface area contributed by atoms with Gasteiger partial charge in [0.15, 0.2) is 16.5 Å². The van der Waals surface area contributed by atoms with Crippen LogP contribution >= 0.6 is 11.8 Å². The average Bonchev–Trinajstić information content (AvgIpc) is 3.27. The summed E-state index contributed by atoms with van der Waals surface area (Å²) < 4.78 is 16.2. The lowest BCUT2D eigenvalue weighted by Crippen LogP contribution is -2.29. The first kappa shape index (κ1) is 18.8. The highest BCUT2D eigenvalue weighted by atomic mass is 32.2. The minimum atomic E-state index is -0.156. The van der Waals surface area contributed by atoms with Gasteiger partial charge in [0, 0.05) is 6.54 Å². The molecule has 27 heavy (non-hydrogen) atoms. The predicted molar refractivity (Wildman–Crippen MR) is 105 cm³/mol. The number of methoxy groups -OCH3 is 2. The molecule has 0 saturated carbocycles. The molecule has 8 nitrogen and oxygen atoms in total. The Morgan fingerprint density at radius 3 is 2.85 bits per heavy atom. The number of hydrogen-bond acceptors (Lipinski definition) is 8. The number of thioether (sulfide) groups is 1. The number of carbonyl (C=O) groups is 1. The van der Waals surface area contributed by atoms with Crippen molar-refractivity contribution in [3.63, 3.8) is 0 Å². The second-order valence-electron chi connectivity index (χ2n) is 5.60. The monoisotopic (exact) mass is 389 g/mol. The van der Waals surface area contributed by atoms with Gasteiger partial charge in [-0.05, 0) is 13.0 Å². The van der Waals surface area contributed by atoms with Crippen molar-refractivity contribution < 1.29 is 23.8 Å². The summed E-state index contributed by atoms with van der Waals surface area (Å²) in [6.07, 6.45) is 3.11. The first-order valence-corrected chi connectivity index (χ1v) is 9.02. The Morgan fingerprint density at radius 2 is 2.19 bits per heavy atom. The largest absolute Gasteiger partial charge is 0.504 e. The Morgan fingerprint density at radius 1 is 1.44 bits per heavy atom. The van der Waals surface area contributed by atoms with Gasteiger partial charge in [-0.25, -0.2) is 0 Å². The van der Waals surface area contributed by atoms with E-state index < -0.39 is 0 Å². The summed E-state index contributed by atoms with van der Waals surface area (Å²) in [5.41, 5.74) is 1.12. The van der Waals surface area contributed by atoms with Crippen molar-refractivity contribution in [2.45, 2.75) is 6.92 Å². The molecule has 2 aromatic rings. The fourth-order valence-electron chi connectivity index (χ4n) is 2.81. The number of ether oxygens (including phenoxy) is 2. The number of fused-ring (bicyclic) bond motifs is 1. The Hall–Kier alpha value is -2.94. The summed E-state index contributed by atoms with van der Waals surface area (Å²) in [5, 5.41) is 20.2. The summed E-state index contributed by atoms with van der Waals surface area (Å²) in [6.45, 7) is 5.70. The molecule has 2 heterocycles. The lowest BCUT2D eigenvalue weighted by Gasteiger charge is -2.14. The molecular formula is C18H19N3O5S. The number of amides is 1. The van der Waals surface area contributed by atoms with Gasteiger partial charge in [-0.3, -0.25) is 9.69 Å². The molecule has 1 aromatic heterocycles. The quantitative estimate of drug-likeness (QED) is 0.463. The third kappa shape index (κ3) is 3.25. The molecule has 1 aliphatic heterocycles. The normalized spacial score (nSPS) is 16.4. The van der Waals surface area contributed by atoms with Gasteiger partial charge < -0.3 is 19.0 Å². The summed E-state index contributed by atoms with van der Waals surface area (Å²) in [5.74, 6) is 0.693. The van der Waals surface area contributed by atoms with Gasteiger partial charge in [0.1, 0.15) is 5.75 Å². The van der Waals surface area contributed by atoms with Crippen molar-refractivity contribution in [3.8, 4) is 17.2 Å². The highest BCUT2D eigenvalue weighted by Gasteiger charge is 2.28. The Labute approximate surface area is 160 Å². The SMILES string of the molecule is C=CCN1C(=O)CS/C1=N\N=C(/C)c1c(O)c(OC)c2occc2c1OC. The molecule has 1 aromatic carbocycles. The topological polar surface area (TPSA) is 96.9 Å². The molecule has 0 spiro atoms. The number of rotatable bonds is 6. The van der Waals surface area contributed by atoms with E-state index in [2.05, 4.69) is 16.8 Å². The zero-order valence-electron chi connectivity index (χ0n) is 15.2. The average molecular weight is 389 g/mol. The Kier molecular flexibility index (Phi) is 5.41. The first-order chi connectivity index (χ1) is 13.0. The molecule has 0 aliphatic carbocycles. The highest BCUT2D eigenvalue weighted by molar-refractivity contribution is 8.15. The molecule has 0 bridgehead atoms. The van der Waals surface area contributed by atoms with Crippen LogP contribution in [0.5, 0.6) is 17.2 Å². The molecule has 1 N–H and O–H groups in total. The summed E-state index contributed by atoms with van der Waals surface area (Å²) in [6, 6.07) is 1.72. The molecule has 0 atom stereocenters. The lowest BCUT2D eigenvalue weighted by molar-refractivity contribution is -0.123. The van der Waals surface area contributed by atoms with Crippen molar-refractivity contribution >= 4 is 39.5 Å². The van der Waals surface area contributed by atoms with Gasteiger partial charge in [0.2, 0.25) is 11.7 Å². The number of hydrogen-bond donors (Lipinski definition) is 1. The number of phenolic OH excluding ortho intramolecular Hbond substituents is 1. The fourth-order valence-corrected chi connectivity index (χ4v) is 3.65. The van der Waals surface area contributed by atoms with Crippen molar-refractivity contribution in [2.75, 3.05) is 26.5 Å². The Balaban J connectivity index is 2.10. The van der Waals surface area contributed by atoms with Crippen LogP contribution in [0.1, 0.15) is 12.5 Å². The van der Waals surface area contributed by atoms with Gasteiger partial charge in [0.05, 0.1) is 42.9 Å². The number of benzene rings is 1. The third-order valence-electron chi connectivity index (χ3n) is 4.02. The van der Waals surface area contributed by atoms with Crippen molar-refractivity contribution in [1.82, 2.24) is 4.90 Å². The molecule has 142 valence electrons. The third-order valence-corrected chi connectivity index (χ3v) is 4.97. The predicted octanol–water partition coefficient (Wildman–Crippen LogP) is 3.00. The smallest absolute Gasteiger partial charge is 0.239 e. The standard InChI is InChI=1S/C18H19N3O5S/c1-5-7-21-12(22)9-27-18(21)20-19-10(2)13-14(23)17(25-4)16-11(6-8-26-16)15(13)24-3/h5-6,8,23H,1,7,9H2,2-4H3/b19-10+,20-18-. The number of carbonyl (C=O) groups excluding carboxylic acids is 1. The summed E-state index contributed by atoms with van der Waals surface area (Å²) >= 11 is 1.30. The van der Waals surface area contributed by atoms with E-state index in [1.807, 2.05) is 0 Å². The Bertz CT molecular complexity index is 964. The van der Waals surface area contributed by atoms with Crippen LogP contribution in [-0.4, -0.2) is 53.3 Å². The second-order valence-corrected chi connectivity index (χ2v) is 6.55. The van der Waals surface area contributed by atoms with Crippen LogP contribution in [0, 0.1) is 0 Å². The van der Waals surface area contributed by atoms with E-state index in [1.165, 1.54) is 37.1 Å². The van der Waals surface area contributed by atoms with Crippen LogP contribution in [0.4, 0.5) is 0 Å². The van der Waals surface area contributed by atoms with Crippen LogP contribution < -0.4 is 9.47 Å². The van der Waals surface area contributed by atoms with Gasteiger partial charge in [0.25, 0.3) is 0 Å². The van der Waals surface area contributed by atoms with Crippen molar-refractivity contribution in [1.29, 1.82) is 0 Å². The van der Waals surface area contributed by atoms with Crippen LogP contribution in [0.25, 0.3) is 11.0 Å². The number of amidine groups is 1. The highest BCUT2D eigenvalue weighted by Crippen LogP contribution is 2.45. The maximum absolute atomic E-state index is 11.9. The van der Waals surface area contributed by atoms with E-state index in [9.17, 15) is 9.90 Å². The molecule has 9 heteroatoms. The van der Waals surface area contributed by atoms with Gasteiger partial charge >= 0.3 is 0 Å². The van der Waals surface area contributed by atoms with Crippen LogP contribution in [-0.2, 0) is 4.79 Å². The van der Waals surface area contributed by atoms with Gasteiger partial charge in [-0.15, -0.1) is 11.7 Å². The van der Waals surface area contributed by atoms with Gasteiger partial charge in [-0.1, -0.05) is 17.8 Å². The van der Waals surface area contributed by atoms with E-state index in [0.29, 0.717) is 45.5 Å². The number of nitrogens with zero attached hydrogens (tertiary/aromatic N) is 3. The molecule has 0 unspecified atom stereocenters. The number of phenols is 1. The summed E-state index contributed by atoms with van der Waals surface area (Å²) in [4.78, 5) is 13.4. The van der Waals surface area contributed by atoms with Gasteiger partial charge in [-0.2, -0.15) is 5.10 Å². The fraction of sp³-hybridized carbons (Fsp3) is 0.278. The molecule has 1 amide bonds. The van der Waals surface area contributed by atoms with E-state index in [-0.39, 0.29) is 17.4 Å². The molecule has 1 aliphatic rings. The molecular weight excluding hydrogens is 370 g/mol. The number of aromatic hydroxyl groups is 1. The second kappa shape index (κ2) is 7.75. The maximum Gasteiger partial charge on any atom is 0.239 e. The minimum absolute atomic E-state index is 0.0478. The molecule has 1 saturated heterocycles. The maximum atomic E-state index is 11.9. The molecule has 1 fully saturated rings. The van der Waals surface area contributed by atoms with E-state index in [0.717, 1.165) is 0 Å². The van der Waals surface area contributed by atoms with E-state index in [1.54, 1.807) is 19.1 Å².